The van der Waals surface area contributed by atoms with E-state index in [1.165, 1.54) is 77.0 Å². The third kappa shape index (κ3) is 4.80. The Morgan fingerprint density at radius 3 is 2.31 bits per heavy atom. The number of unbranched alkanes of at least 4 members (excludes halogenated alkanes) is 6. The minimum Gasteiger partial charge on any atom is -0.462 e. The number of ether oxygens (including phenoxy) is 1. The van der Waals surface area contributed by atoms with Gasteiger partial charge in [-0.25, -0.2) is 0 Å². The van der Waals surface area contributed by atoms with E-state index >= 15 is 0 Å². The molecule has 4 saturated carbocycles. The van der Waals surface area contributed by atoms with Crippen LogP contribution >= 0.6 is 0 Å². The second-order valence-corrected chi connectivity index (χ2v) is 12.6. The smallest absolute Gasteiger partial charge is 0.306 e. The molecule has 4 fully saturated rings. The van der Waals surface area contributed by atoms with E-state index in [9.17, 15) is 9.90 Å². The van der Waals surface area contributed by atoms with Crippen molar-refractivity contribution in [1.29, 1.82) is 0 Å². The molecule has 3 nitrogen and oxygen atoms in total. The van der Waals surface area contributed by atoms with Crippen molar-refractivity contribution in [3.63, 3.8) is 0 Å². The maximum Gasteiger partial charge on any atom is 0.306 e. The van der Waals surface area contributed by atoms with Crippen molar-refractivity contribution in [1.82, 2.24) is 0 Å². The largest absolute Gasteiger partial charge is 0.462 e. The van der Waals surface area contributed by atoms with E-state index < -0.39 is 0 Å². The van der Waals surface area contributed by atoms with Gasteiger partial charge < -0.3 is 9.84 Å². The standard InChI is InChI=1S/C29H50O3/c1-4-5-6-7-8-9-10-11-27(31)32-26-15-14-24-23-13-12-21-20-22(30)16-18-28(21,2)25(23)17-19-29(24,26)3/h21-26,30H,4-20H2,1-3H3/t21-,22+,23-,24-,25-,26-,28-,29-/m0/s1. The molecule has 3 heteroatoms. The fourth-order valence-electron chi connectivity index (χ4n) is 8.83. The number of aliphatic hydroxyl groups excluding tert-OH is 1. The predicted octanol–water partition coefficient (Wildman–Crippen LogP) is 7.44. The predicted molar refractivity (Wildman–Crippen MR) is 130 cm³/mol. The molecule has 0 spiro atoms. The lowest BCUT2D eigenvalue weighted by atomic mass is 9.45. The molecule has 0 aromatic heterocycles. The second kappa shape index (κ2) is 10.4. The minimum absolute atomic E-state index is 0.0597. The third-order valence-corrected chi connectivity index (χ3v) is 10.8. The van der Waals surface area contributed by atoms with Crippen LogP contribution < -0.4 is 0 Å². The highest BCUT2D eigenvalue weighted by atomic mass is 16.5. The van der Waals surface area contributed by atoms with Crippen molar-refractivity contribution >= 4 is 5.97 Å². The Bertz CT molecular complexity index is 632. The molecule has 1 N–H and O–H groups in total. The zero-order chi connectivity index (χ0) is 22.8. The van der Waals surface area contributed by atoms with Gasteiger partial charge in [0.05, 0.1) is 6.10 Å². The Kier molecular flexibility index (Phi) is 7.95. The molecule has 0 amide bonds. The SMILES string of the molecule is CCCCCCCCCC(=O)O[C@H]1CC[C@H]2[C@@H]3CC[C@H]4C[C@H](O)CC[C@]4(C)[C@H]3CC[C@]12C. The molecular weight excluding hydrogens is 396 g/mol. The minimum atomic E-state index is -0.0647. The lowest BCUT2D eigenvalue weighted by Crippen LogP contribution is -2.54. The first-order chi connectivity index (χ1) is 15.4. The summed E-state index contributed by atoms with van der Waals surface area (Å²) in [7, 11) is 0. The number of fused-ring (bicyclic) bond motifs is 5. The van der Waals surface area contributed by atoms with Crippen LogP contribution in [0.25, 0.3) is 0 Å². The van der Waals surface area contributed by atoms with Gasteiger partial charge in [0.25, 0.3) is 0 Å². The van der Waals surface area contributed by atoms with E-state index in [0.717, 1.165) is 43.4 Å². The van der Waals surface area contributed by atoms with Crippen LogP contribution in [0, 0.1) is 34.5 Å². The molecule has 0 saturated heterocycles. The molecule has 32 heavy (non-hydrogen) atoms. The molecule has 4 rings (SSSR count). The van der Waals surface area contributed by atoms with Crippen molar-refractivity contribution in [2.75, 3.05) is 0 Å². The summed E-state index contributed by atoms with van der Waals surface area (Å²) in [5, 5.41) is 10.2. The molecule has 0 bridgehead atoms. The van der Waals surface area contributed by atoms with Crippen molar-refractivity contribution in [3.8, 4) is 0 Å². The van der Waals surface area contributed by atoms with Gasteiger partial charge in [0.1, 0.15) is 6.10 Å². The van der Waals surface area contributed by atoms with Gasteiger partial charge in [-0.15, -0.1) is 0 Å². The maximum absolute atomic E-state index is 12.7. The van der Waals surface area contributed by atoms with E-state index in [-0.39, 0.29) is 23.6 Å². The fourth-order valence-corrected chi connectivity index (χ4v) is 8.83. The van der Waals surface area contributed by atoms with Gasteiger partial charge in [-0.2, -0.15) is 0 Å². The molecule has 0 unspecified atom stereocenters. The zero-order valence-corrected chi connectivity index (χ0v) is 21.2. The molecule has 4 aliphatic carbocycles. The van der Waals surface area contributed by atoms with Crippen molar-refractivity contribution in [2.45, 2.75) is 142 Å². The molecular formula is C29H50O3. The van der Waals surface area contributed by atoms with Crippen molar-refractivity contribution < 1.29 is 14.6 Å². The normalized spacial score (nSPS) is 43.2. The first-order valence-corrected chi connectivity index (χ1v) is 14.3. The number of hydrogen-bond donors (Lipinski definition) is 1. The Hall–Kier alpha value is -0.570. The van der Waals surface area contributed by atoms with E-state index in [1.54, 1.807) is 0 Å². The monoisotopic (exact) mass is 446 g/mol. The quantitative estimate of drug-likeness (QED) is 0.296. The Balaban J connectivity index is 1.29. The first kappa shape index (κ1) is 24.6. The Morgan fingerprint density at radius 2 is 1.53 bits per heavy atom. The number of rotatable bonds is 9. The molecule has 0 radical (unpaired) electrons. The van der Waals surface area contributed by atoms with Crippen LogP contribution in [-0.4, -0.2) is 23.3 Å². The average molecular weight is 447 g/mol. The number of aliphatic hydroxyl groups is 1. The van der Waals surface area contributed by atoms with Crippen LogP contribution in [-0.2, 0) is 9.53 Å². The molecule has 0 aromatic rings. The molecule has 4 aliphatic rings. The molecule has 0 aromatic carbocycles. The summed E-state index contributed by atoms with van der Waals surface area (Å²) in [6.07, 6.45) is 20.1. The summed E-state index contributed by atoms with van der Waals surface area (Å²) < 4.78 is 6.18. The van der Waals surface area contributed by atoms with Crippen molar-refractivity contribution in [3.05, 3.63) is 0 Å². The Labute approximate surface area is 197 Å². The summed E-state index contributed by atoms with van der Waals surface area (Å²) in [6, 6.07) is 0. The second-order valence-electron chi connectivity index (χ2n) is 12.6. The summed E-state index contributed by atoms with van der Waals surface area (Å²) in [6.45, 7) is 7.26. The lowest BCUT2D eigenvalue weighted by Gasteiger charge is -2.60. The number of esters is 1. The number of carbonyl (C=O) groups is 1. The van der Waals surface area contributed by atoms with Gasteiger partial charge in [-0.05, 0) is 93.3 Å². The van der Waals surface area contributed by atoms with Gasteiger partial charge in [0, 0.05) is 11.8 Å². The van der Waals surface area contributed by atoms with Crippen LogP contribution in [0.3, 0.4) is 0 Å². The van der Waals surface area contributed by atoms with Gasteiger partial charge in [-0.1, -0.05) is 59.3 Å². The van der Waals surface area contributed by atoms with Gasteiger partial charge in [0.2, 0.25) is 0 Å². The zero-order valence-electron chi connectivity index (χ0n) is 21.2. The third-order valence-electron chi connectivity index (χ3n) is 10.8. The van der Waals surface area contributed by atoms with Gasteiger partial charge in [-0.3, -0.25) is 4.79 Å². The summed E-state index contributed by atoms with van der Waals surface area (Å²) in [5.41, 5.74) is 0.615. The van der Waals surface area contributed by atoms with Crippen LogP contribution in [0.2, 0.25) is 0 Å². The van der Waals surface area contributed by atoms with Gasteiger partial charge >= 0.3 is 5.97 Å². The van der Waals surface area contributed by atoms with Crippen LogP contribution in [0.4, 0.5) is 0 Å². The maximum atomic E-state index is 12.7. The number of hydrogen-bond acceptors (Lipinski definition) is 3. The highest BCUT2D eigenvalue weighted by Crippen LogP contribution is 2.66. The topological polar surface area (TPSA) is 46.5 Å². The summed E-state index contributed by atoms with van der Waals surface area (Å²) in [4.78, 5) is 12.7. The van der Waals surface area contributed by atoms with Crippen LogP contribution in [0.5, 0.6) is 0 Å². The van der Waals surface area contributed by atoms with E-state index in [2.05, 4.69) is 20.8 Å². The molecule has 0 heterocycles. The summed E-state index contributed by atoms with van der Waals surface area (Å²) in [5.74, 6) is 3.12. The van der Waals surface area contributed by atoms with Crippen molar-refractivity contribution in [2.24, 2.45) is 34.5 Å². The first-order valence-electron chi connectivity index (χ1n) is 14.3. The van der Waals surface area contributed by atoms with Crippen LogP contribution in [0.15, 0.2) is 0 Å². The number of carbonyl (C=O) groups excluding carboxylic acids is 1. The molecule has 8 atom stereocenters. The van der Waals surface area contributed by atoms with Crippen LogP contribution in [0.1, 0.15) is 130 Å². The average Bonchev–Trinajstić information content (AvgIpc) is 3.10. The van der Waals surface area contributed by atoms with E-state index in [4.69, 9.17) is 4.74 Å². The lowest BCUT2D eigenvalue weighted by molar-refractivity contribution is -0.165. The highest BCUT2D eigenvalue weighted by Gasteiger charge is 2.61. The molecule has 184 valence electrons. The van der Waals surface area contributed by atoms with E-state index in [0.29, 0.717) is 17.8 Å². The highest BCUT2D eigenvalue weighted by molar-refractivity contribution is 5.69. The molecule has 0 aliphatic heterocycles. The van der Waals surface area contributed by atoms with Gasteiger partial charge in [0.15, 0.2) is 0 Å². The summed E-state index contributed by atoms with van der Waals surface area (Å²) >= 11 is 0. The fraction of sp³-hybridized carbons (Fsp3) is 0.966. The Morgan fingerprint density at radius 1 is 0.844 bits per heavy atom. The van der Waals surface area contributed by atoms with E-state index in [1.807, 2.05) is 0 Å².